The molecular formula is C15H17N3O3S. The molecule has 1 aromatic heterocycles. The summed E-state index contributed by atoms with van der Waals surface area (Å²) in [5.74, 6) is -0.0461. The first-order valence-corrected chi connectivity index (χ1v) is 8.11. The minimum atomic E-state index is -1.20. The Morgan fingerprint density at radius 1 is 1.18 bits per heavy atom. The average Bonchev–Trinajstić information content (AvgIpc) is 3.01. The van der Waals surface area contributed by atoms with Crippen LogP contribution in [-0.2, 0) is 11.0 Å². The number of amides is 1. The molecule has 2 aromatic rings. The second-order valence-electron chi connectivity index (χ2n) is 4.48. The lowest BCUT2D eigenvalue weighted by molar-refractivity contribution is 0.0918. The third-order valence-corrected chi connectivity index (χ3v) is 3.91. The summed E-state index contributed by atoms with van der Waals surface area (Å²) in [5.41, 5.74) is 1.07. The van der Waals surface area contributed by atoms with Gasteiger partial charge in [0.2, 0.25) is 5.91 Å². The van der Waals surface area contributed by atoms with E-state index in [-0.39, 0.29) is 18.4 Å². The zero-order valence-electron chi connectivity index (χ0n) is 12.1. The zero-order chi connectivity index (χ0) is 15.9. The fourth-order valence-electron chi connectivity index (χ4n) is 1.75. The summed E-state index contributed by atoms with van der Waals surface area (Å²) < 4.78 is 15.2. The third kappa shape index (κ3) is 4.37. The molecule has 1 aromatic carbocycles. The van der Waals surface area contributed by atoms with E-state index in [1.807, 2.05) is 6.07 Å². The molecule has 0 radical (unpaired) electrons. The van der Waals surface area contributed by atoms with Crippen LogP contribution in [0.4, 0.5) is 5.69 Å². The molecule has 7 heteroatoms. The number of hydrogen-bond acceptors (Lipinski definition) is 3. The maximum Gasteiger partial charge on any atom is 0.255 e. The second-order valence-corrected chi connectivity index (χ2v) is 6.03. The predicted molar refractivity (Wildman–Crippen MR) is 86.1 cm³/mol. The highest BCUT2D eigenvalue weighted by atomic mass is 32.2. The molecular weight excluding hydrogens is 302 g/mol. The standard InChI is InChI=1S/C15H17N3O3S/c1-2-22(21)16-10-14(19)18-9-8-13(11-18)17-15(20)12-6-4-3-5-7-12/h3-9,11,16H,2,10H2,1H3,(H,17,20). The van der Waals surface area contributed by atoms with E-state index in [1.54, 1.807) is 43.5 Å². The smallest absolute Gasteiger partial charge is 0.255 e. The highest BCUT2D eigenvalue weighted by Gasteiger charge is 2.09. The van der Waals surface area contributed by atoms with Crippen LogP contribution in [0.25, 0.3) is 0 Å². The first-order valence-electron chi connectivity index (χ1n) is 6.79. The molecule has 0 aliphatic rings. The number of anilines is 1. The van der Waals surface area contributed by atoms with Crippen molar-refractivity contribution in [3.8, 4) is 0 Å². The van der Waals surface area contributed by atoms with Crippen molar-refractivity contribution in [1.29, 1.82) is 0 Å². The van der Waals surface area contributed by atoms with Gasteiger partial charge in [0.05, 0.1) is 23.2 Å². The van der Waals surface area contributed by atoms with Crippen LogP contribution < -0.4 is 10.0 Å². The highest BCUT2D eigenvalue weighted by Crippen LogP contribution is 2.10. The molecule has 22 heavy (non-hydrogen) atoms. The molecule has 0 fully saturated rings. The Hall–Kier alpha value is -2.25. The quantitative estimate of drug-likeness (QED) is 0.849. The Morgan fingerprint density at radius 3 is 2.59 bits per heavy atom. The number of benzene rings is 1. The van der Waals surface area contributed by atoms with E-state index < -0.39 is 11.0 Å². The first kappa shape index (κ1) is 16.1. The Morgan fingerprint density at radius 2 is 1.91 bits per heavy atom. The average molecular weight is 319 g/mol. The van der Waals surface area contributed by atoms with Crippen molar-refractivity contribution in [2.45, 2.75) is 6.92 Å². The lowest BCUT2D eigenvalue weighted by Gasteiger charge is -2.04. The first-order chi connectivity index (χ1) is 10.6. The fourth-order valence-corrected chi connectivity index (χ4v) is 2.24. The van der Waals surface area contributed by atoms with Gasteiger partial charge in [0.15, 0.2) is 0 Å². The van der Waals surface area contributed by atoms with Crippen LogP contribution >= 0.6 is 0 Å². The summed E-state index contributed by atoms with van der Waals surface area (Å²) >= 11 is 0. The molecule has 116 valence electrons. The van der Waals surface area contributed by atoms with E-state index >= 15 is 0 Å². The van der Waals surface area contributed by atoms with E-state index in [0.29, 0.717) is 17.0 Å². The van der Waals surface area contributed by atoms with Gasteiger partial charge in [-0.3, -0.25) is 14.2 Å². The van der Waals surface area contributed by atoms with E-state index in [0.717, 1.165) is 0 Å². The largest absolute Gasteiger partial charge is 0.321 e. The van der Waals surface area contributed by atoms with Crippen LogP contribution in [0.15, 0.2) is 48.8 Å². The molecule has 0 aliphatic heterocycles. The second kappa shape index (κ2) is 7.67. The van der Waals surface area contributed by atoms with Gasteiger partial charge in [-0.1, -0.05) is 25.1 Å². The number of hydrogen-bond donors (Lipinski definition) is 2. The van der Waals surface area contributed by atoms with Crippen LogP contribution in [-0.4, -0.2) is 32.9 Å². The summed E-state index contributed by atoms with van der Waals surface area (Å²) in [7, 11) is -1.20. The number of carbonyl (C=O) groups excluding carboxylic acids is 2. The Bertz CT molecular complexity index is 682. The van der Waals surface area contributed by atoms with Gasteiger partial charge >= 0.3 is 0 Å². The van der Waals surface area contributed by atoms with Crippen LogP contribution in [0.5, 0.6) is 0 Å². The topological polar surface area (TPSA) is 80.2 Å². The molecule has 1 heterocycles. The fraction of sp³-hybridized carbons (Fsp3) is 0.200. The van der Waals surface area contributed by atoms with E-state index in [1.165, 1.54) is 10.8 Å². The van der Waals surface area contributed by atoms with Crippen molar-refractivity contribution in [2.75, 3.05) is 17.6 Å². The SMILES string of the molecule is CCS(=O)NCC(=O)n1ccc(NC(=O)c2ccccc2)c1. The van der Waals surface area contributed by atoms with E-state index in [4.69, 9.17) is 0 Å². The van der Waals surface area contributed by atoms with Gasteiger partial charge in [0.25, 0.3) is 5.91 Å². The molecule has 0 aliphatic carbocycles. The van der Waals surface area contributed by atoms with Gasteiger partial charge in [0.1, 0.15) is 0 Å². The van der Waals surface area contributed by atoms with Gasteiger partial charge in [-0.2, -0.15) is 0 Å². The lowest BCUT2D eigenvalue weighted by atomic mass is 10.2. The van der Waals surface area contributed by atoms with Crippen LogP contribution in [0.2, 0.25) is 0 Å². The van der Waals surface area contributed by atoms with Crippen molar-refractivity contribution in [2.24, 2.45) is 0 Å². The van der Waals surface area contributed by atoms with Crippen molar-refractivity contribution in [3.05, 3.63) is 54.4 Å². The van der Waals surface area contributed by atoms with Crippen LogP contribution in [0, 0.1) is 0 Å². The molecule has 0 bridgehead atoms. The van der Waals surface area contributed by atoms with E-state index in [2.05, 4.69) is 10.0 Å². The van der Waals surface area contributed by atoms with Crippen LogP contribution in [0.1, 0.15) is 22.1 Å². The van der Waals surface area contributed by atoms with Gasteiger partial charge in [-0.05, 0) is 18.2 Å². The molecule has 2 N–H and O–H groups in total. The van der Waals surface area contributed by atoms with Gasteiger partial charge in [-0.15, -0.1) is 0 Å². The summed E-state index contributed by atoms with van der Waals surface area (Å²) in [6.45, 7) is 1.74. The number of nitrogens with one attached hydrogen (secondary N) is 2. The third-order valence-electron chi connectivity index (χ3n) is 2.92. The van der Waals surface area contributed by atoms with Crippen molar-refractivity contribution in [3.63, 3.8) is 0 Å². The summed E-state index contributed by atoms with van der Waals surface area (Å²) in [6, 6.07) is 10.4. The summed E-state index contributed by atoms with van der Waals surface area (Å²) in [6.07, 6.45) is 3.08. The molecule has 1 amide bonds. The molecule has 0 spiro atoms. The van der Waals surface area contributed by atoms with Gasteiger partial charge in [-0.25, -0.2) is 8.93 Å². The van der Waals surface area contributed by atoms with Gasteiger partial charge in [0, 0.05) is 23.7 Å². The summed E-state index contributed by atoms with van der Waals surface area (Å²) in [5, 5.41) is 2.72. The number of rotatable bonds is 6. The lowest BCUT2D eigenvalue weighted by Crippen LogP contribution is -2.28. The van der Waals surface area contributed by atoms with Crippen molar-refractivity contribution in [1.82, 2.24) is 9.29 Å². The molecule has 2 rings (SSSR count). The normalized spacial score (nSPS) is 11.9. The highest BCUT2D eigenvalue weighted by molar-refractivity contribution is 7.83. The molecule has 6 nitrogen and oxygen atoms in total. The summed E-state index contributed by atoms with van der Waals surface area (Å²) in [4.78, 5) is 23.9. The zero-order valence-corrected chi connectivity index (χ0v) is 12.9. The number of aromatic nitrogens is 1. The molecule has 1 unspecified atom stereocenters. The van der Waals surface area contributed by atoms with Crippen LogP contribution in [0.3, 0.4) is 0 Å². The monoisotopic (exact) mass is 319 g/mol. The Labute approximate surface area is 131 Å². The predicted octanol–water partition coefficient (Wildman–Crippen LogP) is 1.65. The van der Waals surface area contributed by atoms with Crippen molar-refractivity contribution >= 4 is 28.5 Å². The minimum Gasteiger partial charge on any atom is -0.321 e. The Kier molecular flexibility index (Phi) is 5.62. The maximum absolute atomic E-state index is 12.0. The number of nitrogens with zero attached hydrogens (tertiary/aromatic N) is 1. The number of carbonyl (C=O) groups is 2. The molecule has 0 saturated carbocycles. The maximum atomic E-state index is 12.0. The minimum absolute atomic E-state index is 0.0266. The molecule has 1 atom stereocenters. The molecule has 0 saturated heterocycles. The van der Waals surface area contributed by atoms with Crippen molar-refractivity contribution < 1.29 is 13.8 Å². The Balaban J connectivity index is 1.95. The van der Waals surface area contributed by atoms with Gasteiger partial charge < -0.3 is 5.32 Å². The van der Waals surface area contributed by atoms with E-state index in [9.17, 15) is 13.8 Å².